The van der Waals surface area contributed by atoms with Gasteiger partial charge in [-0.3, -0.25) is 4.79 Å². The molecule has 2 aliphatic carbocycles. The molecule has 8 heteroatoms. The van der Waals surface area contributed by atoms with Crippen LogP contribution in [-0.4, -0.2) is 27.3 Å². The lowest BCUT2D eigenvalue weighted by atomic mass is 9.80. The molecule has 6 rings (SSSR count). The number of halogens is 1. The topological polar surface area (TPSA) is 88.2 Å². The van der Waals surface area contributed by atoms with Crippen molar-refractivity contribution in [3.8, 4) is 34.0 Å². The molecule has 0 amide bonds. The highest BCUT2D eigenvalue weighted by molar-refractivity contribution is 7.08. The van der Waals surface area contributed by atoms with Gasteiger partial charge in [-0.05, 0) is 102 Å². The number of hydrogen-bond donors (Lipinski definition) is 2. The zero-order valence-corrected chi connectivity index (χ0v) is 20.9. The number of fused-ring (bicyclic) bond motifs is 1. The van der Waals surface area contributed by atoms with Gasteiger partial charge >= 0.3 is 5.97 Å². The van der Waals surface area contributed by atoms with E-state index in [0.717, 1.165) is 40.7 Å². The average molecular weight is 504 g/mol. The Morgan fingerprint density at radius 3 is 2.69 bits per heavy atom. The summed E-state index contributed by atoms with van der Waals surface area (Å²) >= 11 is 1.60. The summed E-state index contributed by atoms with van der Waals surface area (Å²) in [5.74, 6) is -0.713. The molecule has 0 bridgehead atoms. The minimum absolute atomic E-state index is 0.164. The second-order valence-corrected chi connectivity index (χ2v) is 10.7. The van der Waals surface area contributed by atoms with E-state index in [1.54, 1.807) is 23.5 Å². The first-order valence-corrected chi connectivity index (χ1v) is 13.1. The summed E-state index contributed by atoms with van der Waals surface area (Å²) in [6.07, 6.45) is 3.28. The number of carboxylic acids is 1. The van der Waals surface area contributed by atoms with Gasteiger partial charge in [0.25, 0.3) is 5.89 Å². The van der Waals surface area contributed by atoms with E-state index in [-0.39, 0.29) is 29.7 Å². The molecule has 184 valence electrons. The van der Waals surface area contributed by atoms with E-state index < -0.39 is 5.97 Å². The molecule has 2 aliphatic rings. The van der Waals surface area contributed by atoms with Crippen LogP contribution < -0.4 is 5.32 Å². The predicted molar refractivity (Wildman–Crippen MR) is 136 cm³/mol. The Morgan fingerprint density at radius 2 is 1.94 bits per heavy atom. The van der Waals surface area contributed by atoms with Crippen LogP contribution in [0.3, 0.4) is 0 Å². The van der Waals surface area contributed by atoms with Gasteiger partial charge in [-0.25, -0.2) is 4.39 Å². The highest BCUT2D eigenvalue weighted by atomic mass is 32.1. The maximum absolute atomic E-state index is 15.1. The number of aromatic nitrogens is 2. The van der Waals surface area contributed by atoms with Gasteiger partial charge in [-0.2, -0.15) is 16.3 Å². The Hall–Kier alpha value is -3.36. The van der Waals surface area contributed by atoms with Crippen LogP contribution in [0.25, 0.3) is 34.0 Å². The molecule has 0 saturated heterocycles. The van der Waals surface area contributed by atoms with Crippen molar-refractivity contribution in [3.05, 3.63) is 69.2 Å². The van der Waals surface area contributed by atoms with Crippen LogP contribution in [0.2, 0.25) is 0 Å². The van der Waals surface area contributed by atoms with Crippen LogP contribution in [0.15, 0.2) is 45.6 Å². The van der Waals surface area contributed by atoms with Gasteiger partial charge < -0.3 is 14.9 Å². The quantitative estimate of drug-likeness (QED) is 0.320. The van der Waals surface area contributed by atoms with E-state index in [0.29, 0.717) is 24.2 Å². The summed E-state index contributed by atoms with van der Waals surface area (Å²) < 4.78 is 20.6. The third-order valence-corrected chi connectivity index (χ3v) is 8.38. The summed E-state index contributed by atoms with van der Waals surface area (Å²) in [4.78, 5) is 15.6. The second-order valence-electron chi connectivity index (χ2n) is 9.91. The molecule has 4 aromatic rings. The van der Waals surface area contributed by atoms with Gasteiger partial charge in [0.1, 0.15) is 5.82 Å². The molecule has 0 radical (unpaired) electrons. The largest absolute Gasteiger partial charge is 0.481 e. The molecule has 1 saturated carbocycles. The molecular formula is C28H26FN3O3S. The molecule has 1 atom stereocenters. The third kappa shape index (κ3) is 4.04. The maximum Gasteiger partial charge on any atom is 0.306 e. The third-order valence-electron chi connectivity index (χ3n) is 7.52. The molecule has 1 unspecified atom stereocenters. The maximum atomic E-state index is 15.1. The van der Waals surface area contributed by atoms with Gasteiger partial charge in [0.05, 0.1) is 11.5 Å². The molecule has 2 N–H and O–H groups in total. The number of thiophene rings is 1. The Bertz CT molecular complexity index is 1470. The van der Waals surface area contributed by atoms with Crippen molar-refractivity contribution >= 4 is 17.3 Å². The van der Waals surface area contributed by atoms with Crippen molar-refractivity contribution in [2.45, 2.75) is 51.6 Å². The van der Waals surface area contributed by atoms with Gasteiger partial charge in [-0.15, -0.1) is 0 Å². The molecule has 2 aromatic carbocycles. The molecule has 2 heterocycles. The Balaban J connectivity index is 1.21. The number of aliphatic carboxylic acids is 1. The molecule has 1 fully saturated rings. The van der Waals surface area contributed by atoms with Crippen LogP contribution in [0.1, 0.15) is 47.6 Å². The number of aryl methyl sites for hydroxylation is 3. The zero-order chi connectivity index (χ0) is 25.0. The van der Waals surface area contributed by atoms with Crippen molar-refractivity contribution in [2.75, 3.05) is 0 Å². The smallest absolute Gasteiger partial charge is 0.306 e. The van der Waals surface area contributed by atoms with E-state index in [9.17, 15) is 4.79 Å². The Labute approximate surface area is 212 Å². The molecule has 36 heavy (non-hydrogen) atoms. The van der Waals surface area contributed by atoms with Crippen LogP contribution >= 0.6 is 11.3 Å². The first-order valence-electron chi connectivity index (χ1n) is 12.2. The van der Waals surface area contributed by atoms with E-state index in [2.05, 4.69) is 33.0 Å². The van der Waals surface area contributed by atoms with E-state index in [1.165, 1.54) is 11.1 Å². The lowest BCUT2D eigenvalue weighted by Crippen LogP contribution is -2.45. The zero-order valence-electron chi connectivity index (χ0n) is 20.0. The van der Waals surface area contributed by atoms with Gasteiger partial charge in [-0.1, -0.05) is 17.3 Å². The highest BCUT2D eigenvalue weighted by Gasteiger charge is 2.36. The molecular weight excluding hydrogens is 477 g/mol. The lowest BCUT2D eigenvalue weighted by molar-refractivity contribution is -0.145. The standard InChI is InChI=1S/C28H26FN3O3S/c1-14-7-22(24(29)11-21(14)23-13-36-12-15(23)2)27-31-26(32-35-27)17-3-5-20-16(8-17)4-6-25(20)30-19-9-18(10-19)28(33)34/h3,5,7-8,11-13,18-19,25,30H,4,6,9-10H2,1-2H3,(H,33,34)/t18-,19-,25?. The first kappa shape index (κ1) is 23.1. The fourth-order valence-corrected chi connectivity index (χ4v) is 6.24. The van der Waals surface area contributed by atoms with E-state index in [4.69, 9.17) is 9.63 Å². The van der Waals surface area contributed by atoms with Crippen LogP contribution in [0, 0.1) is 25.6 Å². The van der Waals surface area contributed by atoms with Gasteiger partial charge in [0.15, 0.2) is 0 Å². The summed E-state index contributed by atoms with van der Waals surface area (Å²) in [5, 5.41) is 21.0. The van der Waals surface area contributed by atoms with E-state index >= 15 is 4.39 Å². The monoisotopic (exact) mass is 503 g/mol. The number of benzene rings is 2. The number of nitrogens with zero attached hydrogens (tertiary/aromatic N) is 2. The van der Waals surface area contributed by atoms with Crippen molar-refractivity contribution in [1.82, 2.24) is 15.5 Å². The molecule has 6 nitrogen and oxygen atoms in total. The Morgan fingerprint density at radius 1 is 1.11 bits per heavy atom. The fraction of sp³-hybridized carbons (Fsp3) is 0.321. The second kappa shape index (κ2) is 8.94. The highest BCUT2D eigenvalue weighted by Crippen LogP contribution is 2.38. The normalized spacial score (nSPS) is 20.8. The average Bonchev–Trinajstić information content (AvgIpc) is 3.56. The van der Waals surface area contributed by atoms with Crippen molar-refractivity contribution in [1.29, 1.82) is 0 Å². The summed E-state index contributed by atoms with van der Waals surface area (Å²) in [5.41, 5.74) is 7.59. The minimum Gasteiger partial charge on any atom is -0.481 e. The fourth-order valence-electron chi connectivity index (χ4n) is 5.39. The van der Waals surface area contributed by atoms with Gasteiger partial charge in [0.2, 0.25) is 5.82 Å². The van der Waals surface area contributed by atoms with Crippen molar-refractivity contribution in [2.24, 2.45) is 5.92 Å². The van der Waals surface area contributed by atoms with Gasteiger partial charge in [0, 0.05) is 17.6 Å². The van der Waals surface area contributed by atoms with Crippen molar-refractivity contribution in [3.63, 3.8) is 0 Å². The first-order chi connectivity index (χ1) is 17.4. The number of nitrogens with one attached hydrogen (secondary N) is 1. The molecule has 0 aliphatic heterocycles. The minimum atomic E-state index is -0.701. The Kier molecular flexibility index (Phi) is 5.73. The SMILES string of the molecule is Cc1cscc1-c1cc(F)c(-c2nc(-c3ccc4c(c3)CCC4N[C@H]3C[C@H](C(=O)O)C3)no2)cc1C. The predicted octanol–water partition coefficient (Wildman–Crippen LogP) is 6.33. The molecule has 2 aromatic heterocycles. The molecule has 0 spiro atoms. The van der Waals surface area contributed by atoms with Crippen LogP contribution in [0.4, 0.5) is 4.39 Å². The number of carboxylic acid groups (broad SMARTS) is 1. The van der Waals surface area contributed by atoms with Crippen molar-refractivity contribution < 1.29 is 18.8 Å². The summed E-state index contributed by atoms with van der Waals surface area (Å²) in [6, 6.07) is 9.95. The van der Waals surface area contributed by atoms with E-state index in [1.807, 2.05) is 25.3 Å². The number of rotatable bonds is 6. The number of carbonyl (C=O) groups is 1. The number of hydrogen-bond acceptors (Lipinski definition) is 6. The summed E-state index contributed by atoms with van der Waals surface area (Å²) in [6.45, 7) is 3.99. The van der Waals surface area contributed by atoms with Crippen LogP contribution in [0.5, 0.6) is 0 Å². The van der Waals surface area contributed by atoms with Crippen LogP contribution in [-0.2, 0) is 11.2 Å². The lowest BCUT2D eigenvalue weighted by Gasteiger charge is -2.35. The summed E-state index contributed by atoms with van der Waals surface area (Å²) in [7, 11) is 0.